The number of allylic oxidation sites excluding steroid dienone is 1. The maximum absolute atomic E-state index is 12.7. The number of nitrogens with zero attached hydrogens (tertiary/aromatic N) is 1. The Kier molecular flexibility index (Phi) is 7.28. The van der Waals surface area contributed by atoms with Crippen LogP contribution in [0.15, 0.2) is 42.0 Å². The summed E-state index contributed by atoms with van der Waals surface area (Å²) in [6.07, 6.45) is -2.02. The van der Waals surface area contributed by atoms with Crippen molar-refractivity contribution in [1.29, 1.82) is 0 Å². The van der Waals surface area contributed by atoms with Crippen molar-refractivity contribution in [1.82, 2.24) is 4.90 Å². The summed E-state index contributed by atoms with van der Waals surface area (Å²) in [6, 6.07) is 8.93. The molecule has 0 saturated heterocycles. The van der Waals surface area contributed by atoms with Gasteiger partial charge in [0.1, 0.15) is 11.2 Å². The Labute approximate surface area is 160 Å². The van der Waals surface area contributed by atoms with Gasteiger partial charge in [-0.2, -0.15) is 4.90 Å². The van der Waals surface area contributed by atoms with Crippen LogP contribution in [-0.2, 0) is 20.6 Å². The lowest BCUT2D eigenvalue weighted by atomic mass is 10.1. The SMILES string of the molecule is CO/C([O-])=C(\Cc1ccccc1)N(C(=O)OC(C)(C)C)C(=O)OC(C)(C)C. The van der Waals surface area contributed by atoms with Crippen molar-refractivity contribution < 1.29 is 28.9 Å². The van der Waals surface area contributed by atoms with Gasteiger partial charge in [-0.25, -0.2) is 9.59 Å². The topological polar surface area (TPSA) is 88.1 Å². The molecule has 0 heterocycles. The molecule has 0 bridgehead atoms. The van der Waals surface area contributed by atoms with Crippen LogP contribution >= 0.6 is 0 Å². The third kappa shape index (κ3) is 7.60. The molecule has 0 N–H and O–H groups in total. The molecule has 27 heavy (non-hydrogen) atoms. The highest BCUT2D eigenvalue weighted by atomic mass is 16.6. The van der Waals surface area contributed by atoms with Crippen LogP contribution in [0.5, 0.6) is 0 Å². The second-order valence-corrected chi connectivity index (χ2v) is 7.90. The number of benzene rings is 1. The molecule has 1 rings (SSSR count). The van der Waals surface area contributed by atoms with Crippen LogP contribution in [-0.4, -0.2) is 35.4 Å². The Morgan fingerprint density at radius 1 is 0.926 bits per heavy atom. The zero-order valence-corrected chi connectivity index (χ0v) is 17.0. The van der Waals surface area contributed by atoms with Crippen molar-refractivity contribution in [3.63, 3.8) is 0 Å². The Morgan fingerprint density at radius 3 is 1.74 bits per heavy atom. The standard InChI is InChI=1S/C20H29NO6/c1-19(2,3)26-17(23)21(18(24)27-20(4,5)6)15(16(22)25-7)13-14-11-9-8-10-12-14/h8-12,22H,13H2,1-7H3/p-1/b16-15+. The Balaban J connectivity index is 3.37. The predicted octanol–water partition coefficient (Wildman–Crippen LogP) is 3.58. The van der Waals surface area contributed by atoms with Crippen molar-refractivity contribution >= 4 is 12.2 Å². The molecule has 0 aromatic heterocycles. The molecule has 0 aliphatic carbocycles. The van der Waals surface area contributed by atoms with Gasteiger partial charge in [0.15, 0.2) is 0 Å². The van der Waals surface area contributed by atoms with Gasteiger partial charge in [0.2, 0.25) is 0 Å². The summed E-state index contributed by atoms with van der Waals surface area (Å²) in [7, 11) is 1.18. The minimum atomic E-state index is -1.01. The summed E-state index contributed by atoms with van der Waals surface area (Å²) >= 11 is 0. The number of rotatable bonds is 4. The summed E-state index contributed by atoms with van der Waals surface area (Å²) in [5.41, 5.74) is -1.21. The van der Waals surface area contributed by atoms with E-state index in [9.17, 15) is 14.7 Å². The summed E-state index contributed by atoms with van der Waals surface area (Å²) in [4.78, 5) is 26.0. The van der Waals surface area contributed by atoms with Crippen LogP contribution < -0.4 is 5.11 Å². The summed E-state index contributed by atoms with van der Waals surface area (Å²) < 4.78 is 15.4. The lowest BCUT2D eigenvalue weighted by molar-refractivity contribution is -0.356. The Morgan fingerprint density at radius 2 is 1.37 bits per heavy atom. The number of hydrogen-bond acceptors (Lipinski definition) is 6. The monoisotopic (exact) mass is 378 g/mol. The summed E-state index contributed by atoms with van der Waals surface area (Å²) in [5.74, 6) is -0.824. The molecule has 0 atom stereocenters. The summed E-state index contributed by atoms with van der Waals surface area (Å²) in [5, 5.41) is 12.4. The molecule has 0 saturated carbocycles. The second kappa shape index (κ2) is 8.79. The average Bonchev–Trinajstić information content (AvgIpc) is 2.51. The molecule has 2 amide bonds. The molecular weight excluding hydrogens is 350 g/mol. The van der Waals surface area contributed by atoms with E-state index in [-0.39, 0.29) is 12.1 Å². The first-order valence-corrected chi connectivity index (χ1v) is 8.58. The normalized spacial score (nSPS) is 12.7. The zero-order chi connectivity index (χ0) is 20.8. The maximum atomic E-state index is 12.7. The fraction of sp³-hybridized carbons (Fsp3) is 0.500. The lowest BCUT2D eigenvalue weighted by Gasteiger charge is -2.31. The van der Waals surface area contributed by atoms with Crippen LogP contribution in [0.25, 0.3) is 0 Å². The van der Waals surface area contributed by atoms with Gasteiger partial charge in [-0.1, -0.05) is 30.3 Å². The molecule has 0 unspecified atom stereocenters. The van der Waals surface area contributed by atoms with Crippen molar-refractivity contribution in [2.24, 2.45) is 0 Å². The Bertz CT molecular complexity index is 655. The van der Waals surface area contributed by atoms with Crippen molar-refractivity contribution in [3.05, 3.63) is 47.5 Å². The fourth-order valence-electron chi connectivity index (χ4n) is 2.06. The first kappa shape index (κ1) is 22.3. The van der Waals surface area contributed by atoms with Gasteiger partial charge >= 0.3 is 12.2 Å². The number of carbonyl (C=O) groups is 2. The van der Waals surface area contributed by atoms with Crippen molar-refractivity contribution in [2.45, 2.75) is 59.2 Å². The second-order valence-electron chi connectivity index (χ2n) is 7.90. The molecular formula is C20H28NO6-. The van der Waals surface area contributed by atoms with E-state index in [1.807, 2.05) is 6.07 Å². The molecule has 7 heteroatoms. The third-order valence-electron chi connectivity index (χ3n) is 3.06. The van der Waals surface area contributed by atoms with Gasteiger partial charge in [-0.3, -0.25) is 0 Å². The molecule has 1 aromatic rings. The average molecular weight is 378 g/mol. The summed E-state index contributed by atoms with van der Waals surface area (Å²) in [6.45, 7) is 9.96. The molecule has 0 aliphatic heterocycles. The quantitative estimate of drug-likeness (QED) is 0.744. The van der Waals surface area contributed by atoms with Gasteiger partial charge in [0.05, 0.1) is 11.6 Å². The van der Waals surface area contributed by atoms with E-state index in [1.165, 1.54) is 7.11 Å². The lowest BCUT2D eigenvalue weighted by Crippen LogP contribution is -2.44. The van der Waals surface area contributed by atoms with Crippen LogP contribution in [0.1, 0.15) is 47.1 Å². The van der Waals surface area contributed by atoms with Gasteiger partial charge in [-0.15, -0.1) is 0 Å². The highest BCUT2D eigenvalue weighted by molar-refractivity contribution is 5.90. The van der Waals surface area contributed by atoms with Crippen molar-refractivity contribution in [2.75, 3.05) is 7.11 Å². The number of imide groups is 1. The fourth-order valence-corrected chi connectivity index (χ4v) is 2.06. The smallest absolute Gasteiger partial charge is 0.424 e. The molecule has 1 aromatic carbocycles. The first-order chi connectivity index (χ1) is 12.3. The Hall–Kier alpha value is -2.70. The number of ether oxygens (including phenoxy) is 3. The minimum Gasteiger partial charge on any atom is -0.615 e. The maximum Gasteiger partial charge on any atom is 0.424 e. The zero-order valence-electron chi connectivity index (χ0n) is 17.0. The van der Waals surface area contributed by atoms with E-state index in [2.05, 4.69) is 0 Å². The highest BCUT2D eigenvalue weighted by Gasteiger charge is 2.34. The van der Waals surface area contributed by atoms with Crippen LogP contribution in [0, 0.1) is 0 Å². The third-order valence-corrected chi connectivity index (χ3v) is 3.06. The van der Waals surface area contributed by atoms with E-state index >= 15 is 0 Å². The van der Waals surface area contributed by atoms with Gasteiger partial charge in [-0.05, 0) is 54.2 Å². The molecule has 0 radical (unpaired) electrons. The number of amides is 2. The number of carbonyl (C=O) groups excluding carboxylic acids is 2. The largest absolute Gasteiger partial charge is 0.615 e. The first-order valence-electron chi connectivity index (χ1n) is 8.58. The van der Waals surface area contributed by atoms with Gasteiger partial charge < -0.3 is 19.3 Å². The van der Waals surface area contributed by atoms with E-state index in [4.69, 9.17) is 14.2 Å². The van der Waals surface area contributed by atoms with E-state index in [0.717, 1.165) is 5.56 Å². The molecule has 0 fully saturated rings. The van der Waals surface area contributed by atoms with E-state index in [1.54, 1.807) is 65.8 Å². The van der Waals surface area contributed by atoms with Crippen molar-refractivity contribution in [3.8, 4) is 0 Å². The number of methoxy groups -OCH3 is 1. The number of hydrogen-bond donors (Lipinski definition) is 0. The van der Waals surface area contributed by atoms with Crippen LogP contribution in [0.4, 0.5) is 9.59 Å². The highest BCUT2D eigenvalue weighted by Crippen LogP contribution is 2.22. The van der Waals surface area contributed by atoms with E-state index in [0.29, 0.717) is 4.90 Å². The predicted molar refractivity (Wildman–Crippen MR) is 98.5 cm³/mol. The van der Waals surface area contributed by atoms with E-state index < -0.39 is 29.3 Å². The molecule has 7 nitrogen and oxygen atoms in total. The van der Waals surface area contributed by atoms with Gasteiger partial charge in [0.25, 0.3) is 0 Å². The molecule has 0 aliphatic rings. The van der Waals surface area contributed by atoms with Crippen LogP contribution in [0.2, 0.25) is 0 Å². The van der Waals surface area contributed by atoms with Gasteiger partial charge in [0, 0.05) is 6.42 Å². The minimum absolute atomic E-state index is 0.00794. The van der Waals surface area contributed by atoms with Crippen LogP contribution in [0.3, 0.4) is 0 Å². The molecule has 0 spiro atoms. The molecule has 150 valence electrons.